The van der Waals surface area contributed by atoms with E-state index in [0.29, 0.717) is 0 Å². The standard InChI is InChI=1S/C14H19N/c1-11-2-4-12(5-3-11)6-7-15-9-13-8-14(13)10-15/h2-5,13-14H,6-10H2,1H3. The molecule has 1 saturated carbocycles. The van der Waals surface area contributed by atoms with E-state index in [0.717, 1.165) is 11.8 Å². The molecule has 2 unspecified atom stereocenters. The Labute approximate surface area is 92.1 Å². The van der Waals surface area contributed by atoms with Crippen LogP contribution < -0.4 is 0 Å². The summed E-state index contributed by atoms with van der Waals surface area (Å²) in [5.74, 6) is 2.14. The second-order valence-corrected chi connectivity index (χ2v) is 5.25. The van der Waals surface area contributed by atoms with E-state index in [1.807, 2.05) is 0 Å². The van der Waals surface area contributed by atoms with Gasteiger partial charge in [-0.2, -0.15) is 0 Å². The highest BCUT2D eigenvalue weighted by molar-refractivity contribution is 5.21. The SMILES string of the molecule is Cc1ccc(CCN2CC3CC3C2)cc1. The van der Waals surface area contributed by atoms with Crippen LogP contribution in [0.15, 0.2) is 24.3 Å². The summed E-state index contributed by atoms with van der Waals surface area (Å²) in [6.07, 6.45) is 2.74. The molecule has 0 aromatic heterocycles. The van der Waals surface area contributed by atoms with E-state index in [2.05, 4.69) is 36.1 Å². The van der Waals surface area contributed by atoms with E-state index in [-0.39, 0.29) is 0 Å². The number of likely N-dealkylation sites (tertiary alicyclic amines) is 1. The number of hydrogen-bond donors (Lipinski definition) is 0. The van der Waals surface area contributed by atoms with Crippen LogP contribution in [0.25, 0.3) is 0 Å². The van der Waals surface area contributed by atoms with Crippen molar-refractivity contribution in [1.29, 1.82) is 0 Å². The average molecular weight is 201 g/mol. The van der Waals surface area contributed by atoms with E-state index in [1.165, 1.54) is 43.6 Å². The van der Waals surface area contributed by atoms with E-state index in [9.17, 15) is 0 Å². The number of piperidine rings is 1. The third kappa shape index (κ3) is 2.07. The first-order valence-corrected chi connectivity index (χ1v) is 6.09. The fraction of sp³-hybridized carbons (Fsp3) is 0.571. The van der Waals surface area contributed by atoms with Gasteiger partial charge in [-0.05, 0) is 37.2 Å². The van der Waals surface area contributed by atoms with E-state index in [1.54, 1.807) is 0 Å². The molecule has 1 aromatic rings. The van der Waals surface area contributed by atoms with Crippen LogP contribution >= 0.6 is 0 Å². The van der Waals surface area contributed by atoms with Crippen molar-refractivity contribution in [2.24, 2.45) is 11.8 Å². The maximum atomic E-state index is 2.64. The summed E-state index contributed by atoms with van der Waals surface area (Å²) in [6, 6.07) is 8.98. The molecule has 1 aliphatic carbocycles. The third-order valence-corrected chi connectivity index (χ3v) is 3.89. The summed E-state index contributed by atoms with van der Waals surface area (Å²) in [4.78, 5) is 2.64. The highest BCUT2D eigenvalue weighted by Crippen LogP contribution is 2.44. The maximum Gasteiger partial charge on any atom is 0.00221 e. The summed E-state index contributed by atoms with van der Waals surface area (Å²) in [5.41, 5.74) is 2.85. The second-order valence-electron chi connectivity index (χ2n) is 5.25. The zero-order valence-electron chi connectivity index (χ0n) is 9.45. The third-order valence-electron chi connectivity index (χ3n) is 3.89. The molecule has 1 heterocycles. The molecule has 1 aliphatic heterocycles. The van der Waals surface area contributed by atoms with Gasteiger partial charge in [0.1, 0.15) is 0 Å². The molecule has 2 fully saturated rings. The molecule has 0 N–H and O–H groups in total. The Morgan fingerprint density at radius 3 is 2.47 bits per heavy atom. The molecule has 0 amide bonds. The van der Waals surface area contributed by atoms with Gasteiger partial charge in [0, 0.05) is 19.6 Å². The predicted molar refractivity (Wildman–Crippen MR) is 62.9 cm³/mol. The fourth-order valence-electron chi connectivity index (χ4n) is 2.72. The summed E-state index contributed by atoms with van der Waals surface area (Å²) in [6.45, 7) is 6.15. The fourth-order valence-corrected chi connectivity index (χ4v) is 2.72. The Bertz CT molecular complexity index is 331. The van der Waals surface area contributed by atoms with E-state index < -0.39 is 0 Å². The van der Waals surface area contributed by atoms with Crippen LogP contribution in [0, 0.1) is 18.8 Å². The van der Waals surface area contributed by atoms with Gasteiger partial charge in [0.2, 0.25) is 0 Å². The molecule has 3 rings (SSSR count). The summed E-state index contributed by atoms with van der Waals surface area (Å²) >= 11 is 0. The van der Waals surface area contributed by atoms with Crippen molar-refractivity contribution >= 4 is 0 Å². The number of fused-ring (bicyclic) bond motifs is 1. The van der Waals surface area contributed by atoms with Crippen LogP contribution in [0.1, 0.15) is 17.5 Å². The topological polar surface area (TPSA) is 3.24 Å². The number of nitrogens with zero attached hydrogens (tertiary/aromatic N) is 1. The minimum atomic E-state index is 1.07. The first-order valence-electron chi connectivity index (χ1n) is 6.09. The van der Waals surface area contributed by atoms with Crippen molar-refractivity contribution in [3.05, 3.63) is 35.4 Å². The normalized spacial score (nSPS) is 29.1. The van der Waals surface area contributed by atoms with Crippen molar-refractivity contribution in [3.8, 4) is 0 Å². The highest BCUT2D eigenvalue weighted by atomic mass is 15.2. The minimum Gasteiger partial charge on any atom is -0.302 e. The molecule has 0 bridgehead atoms. The largest absolute Gasteiger partial charge is 0.302 e. The Hall–Kier alpha value is -0.820. The number of rotatable bonds is 3. The van der Waals surface area contributed by atoms with E-state index in [4.69, 9.17) is 0 Å². The average Bonchev–Trinajstić information content (AvgIpc) is 2.86. The van der Waals surface area contributed by atoms with Gasteiger partial charge in [0.05, 0.1) is 0 Å². The lowest BCUT2D eigenvalue weighted by Crippen LogP contribution is -2.25. The molecule has 2 atom stereocenters. The molecule has 80 valence electrons. The van der Waals surface area contributed by atoms with Crippen LogP contribution in [-0.4, -0.2) is 24.5 Å². The van der Waals surface area contributed by atoms with Gasteiger partial charge >= 0.3 is 0 Å². The Morgan fingerprint density at radius 1 is 1.13 bits per heavy atom. The predicted octanol–water partition coefficient (Wildman–Crippen LogP) is 2.49. The zero-order chi connectivity index (χ0) is 10.3. The Kier molecular flexibility index (Phi) is 2.28. The molecular formula is C14H19N. The van der Waals surface area contributed by atoms with Crippen LogP contribution in [0.3, 0.4) is 0 Å². The molecule has 1 saturated heterocycles. The first kappa shape index (κ1) is 9.41. The van der Waals surface area contributed by atoms with Crippen molar-refractivity contribution in [2.75, 3.05) is 19.6 Å². The monoisotopic (exact) mass is 201 g/mol. The summed E-state index contributed by atoms with van der Waals surface area (Å²) < 4.78 is 0. The molecule has 0 spiro atoms. The summed E-state index contributed by atoms with van der Waals surface area (Å²) in [5, 5.41) is 0. The minimum absolute atomic E-state index is 1.07. The van der Waals surface area contributed by atoms with Crippen molar-refractivity contribution < 1.29 is 0 Å². The molecule has 1 aromatic carbocycles. The molecule has 0 radical (unpaired) electrons. The van der Waals surface area contributed by atoms with Crippen LogP contribution in [0.5, 0.6) is 0 Å². The molecule has 15 heavy (non-hydrogen) atoms. The van der Waals surface area contributed by atoms with Crippen LogP contribution in [0.2, 0.25) is 0 Å². The summed E-state index contributed by atoms with van der Waals surface area (Å²) in [7, 11) is 0. The lowest BCUT2D eigenvalue weighted by molar-refractivity contribution is 0.309. The van der Waals surface area contributed by atoms with E-state index >= 15 is 0 Å². The Balaban J connectivity index is 1.51. The van der Waals surface area contributed by atoms with Crippen molar-refractivity contribution in [2.45, 2.75) is 19.8 Å². The number of aryl methyl sites for hydroxylation is 1. The number of hydrogen-bond acceptors (Lipinski definition) is 1. The number of benzene rings is 1. The molecule has 1 heteroatoms. The molecule has 2 aliphatic rings. The van der Waals surface area contributed by atoms with Gasteiger partial charge in [0.15, 0.2) is 0 Å². The highest BCUT2D eigenvalue weighted by Gasteiger charge is 2.44. The van der Waals surface area contributed by atoms with Gasteiger partial charge in [-0.15, -0.1) is 0 Å². The van der Waals surface area contributed by atoms with Gasteiger partial charge < -0.3 is 4.90 Å². The Morgan fingerprint density at radius 2 is 1.80 bits per heavy atom. The maximum absolute atomic E-state index is 2.64. The quantitative estimate of drug-likeness (QED) is 0.726. The lowest BCUT2D eigenvalue weighted by Gasteiger charge is -2.16. The zero-order valence-corrected chi connectivity index (χ0v) is 9.45. The smallest absolute Gasteiger partial charge is 0.00221 e. The first-order chi connectivity index (χ1) is 7.31. The molecular weight excluding hydrogens is 182 g/mol. The lowest BCUT2D eigenvalue weighted by atomic mass is 10.1. The molecule has 1 nitrogen and oxygen atoms in total. The van der Waals surface area contributed by atoms with Crippen molar-refractivity contribution in [3.63, 3.8) is 0 Å². The van der Waals surface area contributed by atoms with Gasteiger partial charge in [0.25, 0.3) is 0 Å². The van der Waals surface area contributed by atoms with Crippen molar-refractivity contribution in [1.82, 2.24) is 4.90 Å². The van der Waals surface area contributed by atoms with Crippen LogP contribution in [0.4, 0.5) is 0 Å². The van der Waals surface area contributed by atoms with Gasteiger partial charge in [-0.25, -0.2) is 0 Å². The van der Waals surface area contributed by atoms with Gasteiger partial charge in [-0.1, -0.05) is 29.8 Å². The van der Waals surface area contributed by atoms with Crippen LogP contribution in [-0.2, 0) is 6.42 Å². The van der Waals surface area contributed by atoms with Gasteiger partial charge in [-0.3, -0.25) is 0 Å². The second kappa shape index (κ2) is 3.64.